The van der Waals surface area contributed by atoms with Crippen LogP contribution in [0.4, 0.5) is 0 Å². The molecule has 0 aliphatic heterocycles. The van der Waals surface area contributed by atoms with Crippen LogP contribution in [0, 0.1) is 0 Å². The Hall–Kier alpha value is -2.34. The average Bonchev–Trinajstić information content (AvgIpc) is 2.79. The molecule has 0 unspecified atom stereocenters. The minimum Gasteiger partial charge on any atom is -0.103 e. The Morgan fingerprint density at radius 1 is 0.594 bits per heavy atom. The molecule has 0 aromatic heterocycles. The molecule has 32 heavy (non-hydrogen) atoms. The van der Waals surface area contributed by atoms with Crippen LogP contribution >= 0.6 is 0 Å². The van der Waals surface area contributed by atoms with Gasteiger partial charge in [-0.1, -0.05) is 76.2 Å². The lowest BCUT2D eigenvalue weighted by Crippen LogP contribution is -2.02. The van der Waals surface area contributed by atoms with Gasteiger partial charge in [0, 0.05) is 0 Å². The predicted octanol–water partition coefficient (Wildman–Crippen LogP) is 10.0. The van der Waals surface area contributed by atoms with E-state index in [1.54, 1.807) is 11.1 Å². The molecule has 3 rings (SSSR count). The van der Waals surface area contributed by atoms with Crippen molar-refractivity contribution in [2.24, 2.45) is 0 Å². The van der Waals surface area contributed by atoms with E-state index in [-0.39, 0.29) is 0 Å². The van der Waals surface area contributed by atoms with Crippen molar-refractivity contribution in [1.29, 1.82) is 0 Å². The second kappa shape index (κ2) is 11.5. The van der Waals surface area contributed by atoms with E-state index in [0.29, 0.717) is 11.8 Å². The smallest absolute Gasteiger partial charge is 0.0102 e. The molecule has 3 aromatic rings. The minimum atomic E-state index is 0.545. The Morgan fingerprint density at radius 3 is 1.34 bits per heavy atom. The summed E-state index contributed by atoms with van der Waals surface area (Å²) in [4.78, 5) is 0. The molecule has 0 atom stereocenters. The molecule has 0 radical (unpaired) electrons. The molecular formula is C32H42. The molecule has 0 heterocycles. The van der Waals surface area contributed by atoms with Gasteiger partial charge in [-0.25, -0.2) is 0 Å². The first-order valence-electron chi connectivity index (χ1n) is 12.7. The molecule has 0 aliphatic carbocycles. The molecule has 0 heteroatoms. The van der Waals surface area contributed by atoms with Crippen molar-refractivity contribution in [1.82, 2.24) is 0 Å². The van der Waals surface area contributed by atoms with Crippen LogP contribution in [0.15, 0.2) is 61.7 Å². The highest BCUT2D eigenvalue weighted by Crippen LogP contribution is 2.38. The monoisotopic (exact) mass is 426 g/mol. The molecule has 0 N–H and O–H groups in total. The summed E-state index contributed by atoms with van der Waals surface area (Å²) in [6.07, 6.45) is 13.5. The summed E-state index contributed by atoms with van der Waals surface area (Å²) in [6, 6.07) is 14.4. The molecule has 0 saturated heterocycles. The van der Waals surface area contributed by atoms with Gasteiger partial charge in [-0.2, -0.15) is 0 Å². The SMILES string of the molecule is C=CCCCCc1c(CCCCC=C)c2cc(C(C)C)ccc2c2ccc(C(C)C)cc12. The van der Waals surface area contributed by atoms with E-state index in [1.807, 2.05) is 0 Å². The Labute approximate surface area is 196 Å². The van der Waals surface area contributed by atoms with E-state index in [9.17, 15) is 0 Å². The predicted molar refractivity (Wildman–Crippen MR) is 145 cm³/mol. The maximum absolute atomic E-state index is 3.92. The molecule has 170 valence electrons. The molecule has 0 amide bonds. The third-order valence-corrected chi connectivity index (χ3v) is 6.90. The highest BCUT2D eigenvalue weighted by atomic mass is 14.2. The highest BCUT2D eigenvalue weighted by molar-refractivity contribution is 6.11. The summed E-state index contributed by atoms with van der Waals surface area (Å²) < 4.78 is 0. The van der Waals surface area contributed by atoms with Crippen LogP contribution < -0.4 is 0 Å². The van der Waals surface area contributed by atoms with Crippen molar-refractivity contribution in [2.75, 3.05) is 0 Å². The number of benzene rings is 3. The van der Waals surface area contributed by atoms with Crippen molar-refractivity contribution >= 4 is 21.5 Å². The summed E-state index contributed by atoms with van der Waals surface area (Å²) in [6.45, 7) is 17.1. The molecule has 0 spiro atoms. The fourth-order valence-corrected chi connectivity index (χ4v) is 4.89. The second-order valence-corrected chi connectivity index (χ2v) is 9.95. The zero-order valence-corrected chi connectivity index (χ0v) is 20.8. The molecule has 0 fully saturated rings. The Bertz CT molecular complexity index is 978. The average molecular weight is 427 g/mol. The number of fused-ring (bicyclic) bond motifs is 3. The first-order valence-corrected chi connectivity index (χ1v) is 12.7. The van der Waals surface area contributed by atoms with Crippen LogP contribution in [-0.2, 0) is 12.8 Å². The first kappa shape index (κ1) is 24.3. The topological polar surface area (TPSA) is 0 Å². The Morgan fingerprint density at radius 2 is 1.00 bits per heavy atom. The van der Waals surface area contributed by atoms with Crippen molar-refractivity contribution in [3.8, 4) is 0 Å². The molecule has 0 saturated carbocycles. The summed E-state index contributed by atoms with van der Waals surface area (Å²) >= 11 is 0. The Balaban J connectivity index is 2.25. The van der Waals surface area contributed by atoms with Gasteiger partial charge in [-0.05, 0) is 107 Å². The lowest BCUT2D eigenvalue weighted by atomic mass is 9.84. The number of aryl methyl sites for hydroxylation is 2. The second-order valence-electron chi connectivity index (χ2n) is 9.95. The summed E-state index contributed by atoms with van der Waals surface area (Å²) in [5.41, 5.74) is 6.08. The van der Waals surface area contributed by atoms with Crippen molar-refractivity contribution < 1.29 is 0 Å². The summed E-state index contributed by atoms with van der Waals surface area (Å²) in [5, 5.41) is 5.82. The van der Waals surface area contributed by atoms with Gasteiger partial charge >= 0.3 is 0 Å². The highest BCUT2D eigenvalue weighted by Gasteiger charge is 2.16. The van der Waals surface area contributed by atoms with Gasteiger partial charge in [0.15, 0.2) is 0 Å². The van der Waals surface area contributed by atoms with E-state index in [4.69, 9.17) is 0 Å². The van der Waals surface area contributed by atoms with E-state index >= 15 is 0 Å². The van der Waals surface area contributed by atoms with Crippen LogP contribution in [0.2, 0.25) is 0 Å². The van der Waals surface area contributed by atoms with Gasteiger partial charge < -0.3 is 0 Å². The maximum atomic E-state index is 3.92. The van der Waals surface area contributed by atoms with Crippen LogP contribution in [0.1, 0.15) is 100 Å². The van der Waals surface area contributed by atoms with Crippen LogP contribution in [0.3, 0.4) is 0 Å². The zero-order valence-electron chi connectivity index (χ0n) is 20.8. The fraction of sp³-hybridized carbons (Fsp3) is 0.438. The molecule has 0 nitrogen and oxygen atoms in total. The number of hydrogen-bond donors (Lipinski definition) is 0. The zero-order chi connectivity index (χ0) is 23.1. The maximum Gasteiger partial charge on any atom is -0.0102 e. The lowest BCUT2D eigenvalue weighted by molar-refractivity contribution is 0.725. The molecule has 0 bridgehead atoms. The third-order valence-electron chi connectivity index (χ3n) is 6.90. The van der Waals surface area contributed by atoms with Crippen molar-refractivity contribution in [3.05, 3.63) is 84.0 Å². The molecular weight excluding hydrogens is 384 g/mol. The number of rotatable bonds is 12. The number of hydrogen-bond acceptors (Lipinski definition) is 0. The van der Waals surface area contributed by atoms with Crippen LogP contribution in [0.25, 0.3) is 21.5 Å². The third kappa shape index (κ3) is 5.52. The number of allylic oxidation sites excluding steroid dienone is 2. The van der Waals surface area contributed by atoms with Crippen LogP contribution in [-0.4, -0.2) is 0 Å². The van der Waals surface area contributed by atoms with Gasteiger partial charge in [0.05, 0.1) is 0 Å². The minimum absolute atomic E-state index is 0.545. The standard InChI is InChI=1S/C32H42/c1-7-9-11-13-15-27-28(16-14-12-10-8-2)32-22-26(24(5)6)18-20-30(32)29-19-17-25(23(3)4)21-31(27)29/h7-8,17-24H,1-2,9-16H2,3-6H3. The van der Waals surface area contributed by atoms with Gasteiger partial charge in [0.2, 0.25) is 0 Å². The van der Waals surface area contributed by atoms with Crippen molar-refractivity contribution in [3.63, 3.8) is 0 Å². The van der Waals surface area contributed by atoms with E-state index < -0.39 is 0 Å². The van der Waals surface area contributed by atoms with Gasteiger partial charge in [-0.3, -0.25) is 0 Å². The largest absolute Gasteiger partial charge is 0.103 e. The Kier molecular flexibility index (Phi) is 8.74. The fourth-order valence-electron chi connectivity index (χ4n) is 4.89. The van der Waals surface area contributed by atoms with Crippen molar-refractivity contribution in [2.45, 2.75) is 90.9 Å². The van der Waals surface area contributed by atoms with Gasteiger partial charge in [0.1, 0.15) is 0 Å². The lowest BCUT2D eigenvalue weighted by Gasteiger charge is -2.20. The number of unbranched alkanes of at least 4 members (excludes halogenated alkanes) is 4. The van der Waals surface area contributed by atoms with Gasteiger partial charge in [0.25, 0.3) is 0 Å². The summed E-state index contributed by atoms with van der Waals surface area (Å²) in [5.74, 6) is 1.09. The quantitative estimate of drug-likeness (QED) is 0.153. The normalized spacial score (nSPS) is 11.7. The first-order chi connectivity index (χ1) is 15.5. The summed E-state index contributed by atoms with van der Waals surface area (Å²) in [7, 11) is 0. The van der Waals surface area contributed by atoms with Crippen LogP contribution in [0.5, 0.6) is 0 Å². The van der Waals surface area contributed by atoms with Gasteiger partial charge in [-0.15, -0.1) is 13.2 Å². The van der Waals surface area contributed by atoms with E-state index in [1.165, 1.54) is 58.4 Å². The molecule has 0 aliphatic rings. The van der Waals surface area contributed by atoms with E-state index in [0.717, 1.165) is 25.7 Å². The van der Waals surface area contributed by atoms with E-state index in [2.05, 4.69) is 89.4 Å². The molecule has 3 aromatic carbocycles.